The molecule has 0 spiro atoms. The van der Waals surface area contributed by atoms with Gasteiger partial charge in [0.15, 0.2) is 5.96 Å². The molecule has 0 bridgehead atoms. The van der Waals surface area contributed by atoms with Crippen molar-refractivity contribution in [3.63, 3.8) is 0 Å². The highest BCUT2D eigenvalue weighted by Crippen LogP contribution is 2.25. The van der Waals surface area contributed by atoms with Crippen molar-refractivity contribution in [3.05, 3.63) is 41.6 Å². The molecular weight excluding hydrogens is 314 g/mol. The Hall–Kier alpha value is -3.01. The van der Waals surface area contributed by atoms with Crippen LogP contribution in [0.4, 0.5) is 5.82 Å². The number of rotatable bonds is 6. The summed E-state index contributed by atoms with van der Waals surface area (Å²) in [7, 11) is 1.98. The predicted octanol–water partition coefficient (Wildman–Crippen LogP) is 1.67. The van der Waals surface area contributed by atoms with E-state index >= 15 is 0 Å². The summed E-state index contributed by atoms with van der Waals surface area (Å²) in [4.78, 5) is 6.45. The minimum absolute atomic E-state index is 0.375. The first kappa shape index (κ1) is 16.8. The van der Waals surface area contributed by atoms with Crippen LogP contribution in [0.2, 0.25) is 0 Å². The number of nitrogen functional groups attached to an aromatic ring is 1. The van der Waals surface area contributed by atoms with Crippen molar-refractivity contribution in [1.82, 2.24) is 14.7 Å². The number of nitrogens with two attached hydrogens (primary N) is 2. The van der Waals surface area contributed by atoms with Crippen molar-refractivity contribution in [1.29, 1.82) is 5.26 Å². The van der Waals surface area contributed by atoms with Gasteiger partial charge in [0.25, 0.3) is 0 Å². The number of nitrogens with zero attached hydrogens (tertiary/aromatic N) is 5. The number of benzene rings is 1. The molecule has 1 fully saturated rings. The number of hydrogen-bond acceptors (Lipinski definition) is 4. The molecule has 1 aromatic heterocycles. The molecule has 0 aliphatic heterocycles. The minimum atomic E-state index is 0.375. The van der Waals surface area contributed by atoms with Gasteiger partial charge in [-0.1, -0.05) is 18.2 Å². The highest BCUT2D eigenvalue weighted by atomic mass is 15.3. The lowest BCUT2D eigenvalue weighted by Gasteiger charge is -2.16. The number of aliphatic imine (C=N–C) groups is 1. The Morgan fingerprint density at radius 1 is 1.40 bits per heavy atom. The highest BCUT2D eigenvalue weighted by Gasteiger charge is 2.27. The predicted molar refractivity (Wildman–Crippen MR) is 98.3 cm³/mol. The molecule has 1 aliphatic carbocycles. The second kappa shape index (κ2) is 7.26. The van der Waals surface area contributed by atoms with E-state index in [0.29, 0.717) is 42.0 Å². The zero-order valence-electron chi connectivity index (χ0n) is 14.4. The normalized spacial score (nSPS) is 14.3. The molecule has 3 rings (SSSR count). The number of nitriles is 1. The summed E-state index contributed by atoms with van der Waals surface area (Å²) in [5.41, 5.74) is 14.1. The summed E-state index contributed by atoms with van der Waals surface area (Å²) in [6.45, 7) is 0.603. The van der Waals surface area contributed by atoms with Gasteiger partial charge in [0, 0.05) is 19.6 Å². The van der Waals surface area contributed by atoms with E-state index in [1.807, 2.05) is 42.3 Å². The third-order valence-electron chi connectivity index (χ3n) is 4.41. The van der Waals surface area contributed by atoms with Crippen LogP contribution in [0.25, 0.3) is 5.69 Å². The van der Waals surface area contributed by atoms with Gasteiger partial charge in [-0.25, -0.2) is 4.68 Å². The Labute approximate surface area is 147 Å². The fourth-order valence-electron chi connectivity index (χ4n) is 2.74. The van der Waals surface area contributed by atoms with Crippen LogP contribution in [0.5, 0.6) is 0 Å². The first-order chi connectivity index (χ1) is 12.1. The molecule has 1 heterocycles. The van der Waals surface area contributed by atoms with Gasteiger partial charge < -0.3 is 16.4 Å². The van der Waals surface area contributed by atoms with Gasteiger partial charge in [0.05, 0.1) is 11.4 Å². The second-order valence-corrected chi connectivity index (χ2v) is 6.25. The second-order valence-electron chi connectivity index (χ2n) is 6.25. The monoisotopic (exact) mass is 337 g/mol. The molecule has 1 aliphatic rings. The molecular formula is C18H23N7. The Morgan fingerprint density at radius 2 is 2.12 bits per heavy atom. The summed E-state index contributed by atoms with van der Waals surface area (Å²) in [5, 5.41) is 13.9. The summed E-state index contributed by atoms with van der Waals surface area (Å²) in [6.07, 6.45) is 3.78. The number of anilines is 1. The maximum absolute atomic E-state index is 9.41. The Kier molecular flexibility index (Phi) is 4.89. The van der Waals surface area contributed by atoms with E-state index in [9.17, 15) is 5.26 Å². The van der Waals surface area contributed by atoms with E-state index in [2.05, 4.69) is 16.2 Å². The molecule has 0 radical (unpaired) electrons. The number of hydrogen-bond donors (Lipinski definition) is 2. The lowest BCUT2D eigenvalue weighted by atomic mass is 10.1. The van der Waals surface area contributed by atoms with E-state index in [1.54, 1.807) is 4.68 Å². The fraction of sp³-hybridized carbons (Fsp3) is 0.389. The molecule has 0 atom stereocenters. The molecule has 1 saturated carbocycles. The number of para-hydroxylation sites is 1. The van der Waals surface area contributed by atoms with E-state index in [0.717, 1.165) is 12.1 Å². The molecule has 1 aromatic carbocycles. The quantitative estimate of drug-likeness (QED) is 0.473. The van der Waals surface area contributed by atoms with Crippen LogP contribution in [-0.2, 0) is 6.42 Å². The van der Waals surface area contributed by atoms with Crippen molar-refractivity contribution in [2.45, 2.75) is 31.7 Å². The van der Waals surface area contributed by atoms with Crippen LogP contribution in [-0.4, -0.2) is 40.3 Å². The van der Waals surface area contributed by atoms with Gasteiger partial charge in [-0.3, -0.25) is 4.99 Å². The van der Waals surface area contributed by atoms with E-state index in [4.69, 9.17) is 11.5 Å². The van der Waals surface area contributed by atoms with Gasteiger partial charge >= 0.3 is 0 Å². The maximum Gasteiger partial charge on any atom is 0.191 e. The topological polar surface area (TPSA) is 109 Å². The van der Waals surface area contributed by atoms with Crippen LogP contribution in [0.1, 0.15) is 30.5 Å². The number of aryl methyl sites for hydroxylation is 1. The summed E-state index contributed by atoms with van der Waals surface area (Å²) in [5.74, 6) is 0.956. The SMILES string of the molecule is CN(C(N)=NCCCc1nn(-c2ccccc2)c(N)c1C#N)C1CC1. The first-order valence-electron chi connectivity index (χ1n) is 8.47. The van der Waals surface area contributed by atoms with Crippen LogP contribution in [0.15, 0.2) is 35.3 Å². The van der Waals surface area contributed by atoms with Crippen LogP contribution >= 0.6 is 0 Å². The number of guanidine groups is 1. The van der Waals surface area contributed by atoms with Crippen LogP contribution in [0, 0.1) is 11.3 Å². The van der Waals surface area contributed by atoms with E-state index in [1.165, 1.54) is 12.8 Å². The lowest BCUT2D eigenvalue weighted by Crippen LogP contribution is -2.35. The summed E-state index contributed by atoms with van der Waals surface area (Å²) in [6, 6.07) is 12.3. The standard InChI is InChI=1S/C18H23N7/c1-24(13-9-10-13)18(21)22-11-5-8-16-15(12-19)17(20)25(23-16)14-6-3-2-4-7-14/h2-4,6-7,13H,5,8-11,20H2,1H3,(H2,21,22). The van der Waals surface area contributed by atoms with E-state index < -0.39 is 0 Å². The molecule has 0 amide bonds. The van der Waals surface area contributed by atoms with Gasteiger partial charge in [0.1, 0.15) is 17.5 Å². The molecule has 25 heavy (non-hydrogen) atoms. The average molecular weight is 337 g/mol. The third kappa shape index (κ3) is 3.74. The minimum Gasteiger partial charge on any atom is -0.382 e. The van der Waals surface area contributed by atoms with Crippen LogP contribution < -0.4 is 11.5 Å². The third-order valence-corrected chi connectivity index (χ3v) is 4.41. The van der Waals surface area contributed by atoms with Gasteiger partial charge in [-0.05, 0) is 37.8 Å². The first-order valence-corrected chi connectivity index (χ1v) is 8.47. The molecule has 0 unspecified atom stereocenters. The van der Waals surface area contributed by atoms with Crippen molar-refractivity contribution >= 4 is 11.8 Å². The highest BCUT2D eigenvalue weighted by molar-refractivity contribution is 5.78. The van der Waals surface area contributed by atoms with Gasteiger partial charge in [0.2, 0.25) is 0 Å². The van der Waals surface area contributed by atoms with Crippen molar-refractivity contribution in [2.75, 3.05) is 19.3 Å². The maximum atomic E-state index is 9.41. The Bertz CT molecular complexity index is 797. The molecule has 4 N–H and O–H groups in total. The molecule has 7 heteroatoms. The van der Waals surface area contributed by atoms with Crippen LogP contribution in [0.3, 0.4) is 0 Å². The molecule has 130 valence electrons. The molecule has 0 saturated heterocycles. The Morgan fingerprint density at radius 3 is 2.76 bits per heavy atom. The smallest absolute Gasteiger partial charge is 0.191 e. The fourth-order valence-corrected chi connectivity index (χ4v) is 2.74. The zero-order chi connectivity index (χ0) is 17.8. The Balaban J connectivity index is 1.66. The number of aromatic nitrogens is 2. The molecule has 7 nitrogen and oxygen atoms in total. The van der Waals surface area contributed by atoms with Crippen molar-refractivity contribution in [3.8, 4) is 11.8 Å². The van der Waals surface area contributed by atoms with E-state index in [-0.39, 0.29) is 0 Å². The lowest BCUT2D eigenvalue weighted by molar-refractivity contribution is 0.487. The average Bonchev–Trinajstić information content (AvgIpc) is 3.43. The van der Waals surface area contributed by atoms with Crippen molar-refractivity contribution in [2.24, 2.45) is 10.7 Å². The van der Waals surface area contributed by atoms with Gasteiger partial charge in [-0.2, -0.15) is 10.4 Å². The zero-order valence-corrected chi connectivity index (χ0v) is 14.4. The molecule has 2 aromatic rings. The van der Waals surface area contributed by atoms with Crippen molar-refractivity contribution < 1.29 is 0 Å². The van der Waals surface area contributed by atoms with Gasteiger partial charge in [-0.15, -0.1) is 0 Å². The summed E-state index contributed by atoms with van der Waals surface area (Å²) >= 11 is 0. The summed E-state index contributed by atoms with van der Waals surface area (Å²) < 4.78 is 1.62. The largest absolute Gasteiger partial charge is 0.382 e.